The summed E-state index contributed by atoms with van der Waals surface area (Å²) in [6.07, 6.45) is 0. The monoisotopic (exact) mass is 280 g/mol. The van der Waals surface area contributed by atoms with E-state index in [1.54, 1.807) is 0 Å². The average molecular weight is 279 g/mol. The van der Waals surface area contributed by atoms with Crippen molar-refractivity contribution in [2.24, 2.45) is 0 Å². The Morgan fingerprint density at radius 2 is 1.92 bits per heavy atom. The molecule has 0 spiro atoms. The van der Waals surface area contributed by atoms with E-state index >= 15 is 0 Å². The second-order valence-electron chi connectivity index (χ2n) is 1.78. The fraction of sp³-hybridized carbons (Fsp3) is 0.667. The summed E-state index contributed by atoms with van der Waals surface area (Å²) in [5.41, 5.74) is 6.42. The molecule has 5 nitrogen and oxygen atoms in total. The number of carboxylic acid groups (broad SMARTS) is 1. The van der Waals surface area contributed by atoms with Gasteiger partial charge in [-0.2, -0.15) is 0 Å². The molecule has 0 heterocycles. The van der Waals surface area contributed by atoms with Crippen molar-refractivity contribution in [2.75, 3.05) is 13.1 Å². The Hall–Kier alpha value is -0.301. The maximum atomic E-state index is 10.1. The van der Waals surface area contributed by atoms with Gasteiger partial charge in [0.1, 0.15) is 0 Å². The van der Waals surface area contributed by atoms with E-state index in [1.165, 1.54) is 0 Å². The minimum atomic E-state index is -1.16. The van der Waals surface area contributed by atoms with Crippen molar-refractivity contribution < 1.29 is 14.7 Å². The van der Waals surface area contributed by atoms with Crippen LogP contribution in [0.25, 0.3) is 11.1 Å². The van der Waals surface area contributed by atoms with E-state index in [4.69, 9.17) is 10.8 Å². The molecule has 0 bridgehead atoms. The first-order valence-corrected chi connectivity index (χ1v) is 8.94. The summed E-state index contributed by atoms with van der Waals surface area (Å²) in [4.78, 5) is 24.4. The van der Waals surface area contributed by atoms with Crippen LogP contribution in [0.15, 0.2) is 0 Å². The molecule has 0 aromatic carbocycles. The average Bonchev–Trinajstić information content (AvgIpc) is 2.01. The van der Waals surface area contributed by atoms with Crippen LogP contribution in [-0.4, -0.2) is 51.2 Å². The van der Waals surface area contributed by atoms with E-state index in [-0.39, 0.29) is 21.1 Å². The standard InChI is InChI=1S/C4H7N2O3.2CH3.Sn/c5-1-3(7)6-2-4(8)9;;;/h5H,1-2H2,(H2,6,7,8,9);2*1H3;/q-1;;;+2/p-1. The molecule has 0 fully saturated rings. The molecule has 0 saturated heterocycles. The molecular formula is C6H12N2O3Sn. The Morgan fingerprint density at radius 3 is 2.17 bits per heavy atom. The van der Waals surface area contributed by atoms with Gasteiger partial charge in [-0.15, -0.1) is 6.54 Å². The van der Waals surface area contributed by atoms with E-state index in [1.807, 2.05) is 0 Å². The predicted octanol–water partition coefficient (Wildman–Crippen LogP) is 0.810. The molecule has 0 atom stereocenters. The van der Waals surface area contributed by atoms with Crippen LogP contribution in [0.1, 0.15) is 0 Å². The van der Waals surface area contributed by atoms with Gasteiger partial charge in [-0.3, -0.25) is 4.79 Å². The molecular weight excluding hydrogens is 267 g/mol. The Morgan fingerprint density at radius 1 is 1.50 bits per heavy atom. The van der Waals surface area contributed by atoms with Crippen molar-refractivity contribution in [3.63, 3.8) is 0 Å². The number of nitrogens with one attached hydrogen (secondary N) is 1. The first kappa shape index (κ1) is 14.2. The molecule has 0 aliphatic carbocycles. The maximum Gasteiger partial charge on any atom is 0.285 e. The molecule has 0 aliphatic rings. The third-order valence-electron chi connectivity index (χ3n) is 0.542. The second-order valence-corrected chi connectivity index (χ2v) is 4.63. The molecule has 0 aromatic rings. The van der Waals surface area contributed by atoms with Gasteiger partial charge in [0.05, 0.1) is 0 Å². The van der Waals surface area contributed by atoms with Crippen LogP contribution < -0.4 is 0 Å². The maximum absolute atomic E-state index is 10.1. The fourth-order valence-electron chi connectivity index (χ4n) is 0.212. The van der Waals surface area contributed by atoms with Crippen LogP contribution in [0.5, 0.6) is 0 Å². The molecule has 0 unspecified atom stereocenters. The van der Waals surface area contributed by atoms with Gasteiger partial charge in [0.15, 0.2) is 0 Å². The second kappa shape index (κ2) is 10.7. The summed E-state index contributed by atoms with van der Waals surface area (Å²) >= 11 is 0.230. The van der Waals surface area contributed by atoms with Crippen molar-refractivity contribution in [3.05, 3.63) is 11.1 Å². The predicted molar refractivity (Wildman–Crippen MR) is 47.5 cm³/mol. The topological polar surface area (TPSA) is 92.3 Å². The van der Waals surface area contributed by atoms with E-state index in [0.29, 0.717) is 0 Å². The number of hydrogen-bond acceptors (Lipinski definition) is 2. The zero-order valence-electron chi connectivity index (χ0n) is 7.13. The van der Waals surface area contributed by atoms with Crippen molar-refractivity contribution in [1.29, 1.82) is 0 Å². The van der Waals surface area contributed by atoms with Gasteiger partial charge in [-0.25, -0.2) is 0 Å². The Bertz CT molecular complexity index is 141. The molecule has 6 heteroatoms. The first-order chi connectivity index (χ1) is 5.58. The first-order valence-electron chi connectivity index (χ1n) is 3.23. The van der Waals surface area contributed by atoms with Gasteiger partial charge in [0.2, 0.25) is 0 Å². The van der Waals surface area contributed by atoms with Gasteiger partial charge >= 0.3 is 31.0 Å². The summed E-state index contributed by atoms with van der Waals surface area (Å²) in [5.74, 6) is -1.85. The Labute approximate surface area is 81.9 Å². The van der Waals surface area contributed by atoms with Gasteiger partial charge in [-0.1, -0.05) is 0 Å². The van der Waals surface area contributed by atoms with Crippen molar-refractivity contribution in [1.82, 2.24) is 0 Å². The van der Waals surface area contributed by atoms with Crippen molar-refractivity contribution >= 4 is 33.0 Å². The summed E-state index contributed by atoms with van der Waals surface area (Å²) in [7, 11) is 0. The zero-order valence-corrected chi connectivity index (χ0v) is 9.98. The van der Waals surface area contributed by atoms with E-state index in [9.17, 15) is 9.59 Å². The third kappa shape index (κ3) is 16.4. The molecule has 2 N–H and O–H groups in total. The van der Waals surface area contributed by atoms with Crippen LogP contribution in [-0.2, 0) is 9.59 Å². The van der Waals surface area contributed by atoms with Crippen LogP contribution in [0.4, 0.5) is 0 Å². The van der Waals surface area contributed by atoms with Crippen molar-refractivity contribution in [2.45, 2.75) is 9.88 Å². The number of rotatable bonds is 3. The molecule has 0 rings (SSSR count). The quantitative estimate of drug-likeness (QED) is 0.774. The van der Waals surface area contributed by atoms with Crippen LogP contribution in [0, 0.1) is 0 Å². The van der Waals surface area contributed by atoms with Crippen LogP contribution in [0.2, 0.25) is 9.88 Å². The zero-order chi connectivity index (χ0) is 9.98. The van der Waals surface area contributed by atoms with E-state index in [2.05, 4.69) is 15.2 Å². The van der Waals surface area contributed by atoms with Crippen LogP contribution >= 0.6 is 0 Å². The smallest absolute Gasteiger partial charge is 0.285 e. The Kier molecular flexibility index (Phi) is 12.7. The van der Waals surface area contributed by atoms with E-state index in [0.717, 1.165) is 0 Å². The molecule has 0 radical (unpaired) electrons. The molecule has 0 saturated carbocycles. The molecule has 12 heavy (non-hydrogen) atoms. The van der Waals surface area contributed by atoms with Gasteiger partial charge in [-0.05, 0) is 6.54 Å². The SMILES string of the molecule is [CH3][Sn+2][CH3].[NH-]CC(=O)[N-]CC(=O)O. The molecule has 1 amide bonds. The van der Waals surface area contributed by atoms with Gasteiger partial charge < -0.3 is 21.0 Å². The third-order valence-corrected chi connectivity index (χ3v) is 0.542. The normalized spacial score (nSPS) is 7.25. The number of aliphatic carboxylic acids is 1. The summed E-state index contributed by atoms with van der Waals surface area (Å²) in [6, 6.07) is 0. The number of hydrogen-bond donors (Lipinski definition) is 1. The van der Waals surface area contributed by atoms with Gasteiger partial charge in [0.25, 0.3) is 5.97 Å². The minimum absolute atomic E-state index is 0.230. The number of carboxylic acids is 1. The molecule has 0 aromatic heterocycles. The number of carbonyl (C=O) groups excluding carboxylic acids is 1. The number of nitrogens with zero attached hydrogens (tertiary/aromatic N) is 1. The summed E-state index contributed by atoms with van der Waals surface area (Å²) < 4.78 is 0. The number of carbonyl (C=O) groups is 2. The number of amides is 1. The minimum Gasteiger partial charge on any atom is -0.673 e. The molecule has 68 valence electrons. The fourth-order valence-corrected chi connectivity index (χ4v) is 0.212. The van der Waals surface area contributed by atoms with Crippen LogP contribution in [0.3, 0.4) is 0 Å². The largest absolute Gasteiger partial charge is 0.673 e. The van der Waals surface area contributed by atoms with E-state index < -0.39 is 25.0 Å². The molecule has 0 aliphatic heterocycles. The van der Waals surface area contributed by atoms with Gasteiger partial charge in [0, 0.05) is 5.91 Å². The Balaban J connectivity index is 0. The summed E-state index contributed by atoms with van der Waals surface area (Å²) in [5, 5.41) is 11.0. The van der Waals surface area contributed by atoms with Crippen molar-refractivity contribution in [3.8, 4) is 0 Å². The summed E-state index contributed by atoms with van der Waals surface area (Å²) in [6.45, 7) is -1.01.